The van der Waals surface area contributed by atoms with E-state index in [2.05, 4.69) is 17.0 Å². The zero-order valence-corrected chi connectivity index (χ0v) is 12.5. The van der Waals surface area contributed by atoms with E-state index in [0.29, 0.717) is 6.61 Å². The van der Waals surface area contributed by atoms with Crippen LogP contribution in [0.3, 0.4) is 0 Å². The van der Waals surface area contributed by atoms with Crippen molar-refractivity contribution in [2.75, 3.05) is 30.3 Å². The molecule has 0 bridgehead atoms. The SMILES string of the molecule is CCOc1cc(N2CCC3CCCCC3C2)ccc1N. The van der Waals surface area contributed by atoms with Crippen molar-refractivity contribution in [3.05, 3.63) is 18.2 Å². The highest BCUT2D eigenvalue weighted by Crippen LogP contribution is 2.38. The van der Waals surface area contributed by atoms with E-state index in [0.717, 1.165) is 23.3 Å². The van der Waals surface area contributed by atoms with Gasteiger partial charge in [-0.05, 0) is 43.7 Å². The number of benzene rings is 1. The highest BCUT2D eigenvalue weighted by Gasteiger charge is 2.31. The van der Waals surface area contributed by atoms with Crippen molar-refractivity contribution in [3.8, 4) is 5.75 Å². The van der Waals surface area contributed by atoms with Gasteiger partial charge in [0.2, 0.25) is 0 Å². The van der Waals surface area contributed by atoms with Gasteiger partial charge in [0.1, 0.15) is 5.75 Å². The standard InChI is InChI=1S/C17H26N2O/c1-2-20-17-11-15(7-8-16(17)18)19-10-9-13-5-3-4-6-14(13)12-19/h7-8,11,13-14H,2-6,9-10,12,18H2,1H3. The second-order valence-corrected chi connectivity index (χ2v) is 6.19. The van der Waals surface area contributed by atoms with Crippen molar-refractivity contribution in [2.45, 2.75) is 39.0 Å². The van der Waals surface area contributed by atoms with Gasteiger partial charge in [0.15, 0.2) is 0 Å². The number of hydrogen-bond acceptors (Lipinski definition) is 3. The van der Waals surface area contributed by atoms with Gasteiger partial charge in [-0.3, -0.25) is 0 Å². The van der Waals surface area contributed by atoms with Gasteiger partial charge in [-0.25, -0.2) is 0 Å². The normalized spacial score (nSPS) is 26.1. The van der Waals surface area contributed by atoms with E-state index in [9.17, 15) is 0 Å². The van der Waals surface area contributed by atoms with Crippen LogP contribution in [0.1, 0.15) is 39.0 Å². The molecule has 1 aliphatic carbocycles. The quantitative estimate of drug-likeness (QED) is 0.854. The number of nitrogens with zero attached hydrogens (tertiary/aromatic N) is 1. The second kappa shape index (κ2) is 5.94. The van der Waals surface area contributed by atoms with Crippen LogP contribution in [0.5, 0.6) is 5.75 Å². The lowest BCUT2D eigenvalue weighted by Gasteiger charge is -2.42. The van der Waals surface area contributed by atoms with Gasteiger partial charge in [0, 0.05) is 24.8 Å². The number of nitrogens with two attached hydrogens (primary N) is 1. The molecular formula is C17H26N2O. The Kier molecular flexibility index (Phi) is 4.04. The van der Waals surface area contributed by atoms with Crippen LogP contribution in [0.4, 0.5) is 11.4 Å². The van der Waals surface area contributed by atoms with Gasteiger partial charge in [0.05, 0.1) is 12.3 Å². The molecule has 1 aromatic rings. The summed E-state index contributed by atoms with van der Waals surface area (Å²) in [6, 6.07) is 6.23. The van der Waals surface area contributed by atoms with E-state index in [1.807, 2.05) is 13.0 Å². The fourth-order valence-electron chi connectivity index (χ4n) is 3.84. The third-order valence-electron chi connectivity index (χ3n) is 4.95. The van der Waals surface area contributed by atoms with E-state index in [4.69, 9.17) is 10.5 Å². The van der Waals surface area contributed by atoms with E-state index in [-0.39, 0.29) is 0 Å². The summed E-state index contributed by atoms with van der Waals surface area (Å²) in [5.41, 5.74) is 7.98. The molecule has 1 heterocycles. The number of rotatable bonds is 3. The molecule has 0 spiro atoms. The maximum absolute atomic E-state index is 5.97. The molecule has 0 amide bonds. The molecule has 2 fully saturated rings. The van der Waals surface area contributed by atoms with Crippen LogP contribution < -0.4 is 15.4 Å². The summed E-state index contributed by atoms with van der Waals surface area (Å²) in [6.45, 7) is 5.05. The van der Waals surface area contributed by atoms with Crippen molar-refractivity contribution in [2.24, 2.45) is 11.8 Å². The Morgan fingerprint density at radius 3 is 2.80 bits per heavy atom. The fourth-order valence-corrected chi connectivity index (χ4v) is 3.84. The molecule has 1 aliphatic heterocycles. The molecule has 0 radical (unpaired) electrons. The topological polar surface area (TPSA) is 38.5 Å². The second-order valence-electron chi connectivity index (χ2n) is 6.19. The molecule has 1 saturated carbocycles. The van der Waals surface area contributed by atoms with E-state index >= 15 is 0 Å². The molecule has 3 heteroatoms. The molecular weight excluding hydrogens is 248 g/mol. The van der Waals surface area contributed by atoms with Crippen LogP contribution in [-0.4, -0.2) is 19.7 Å². The summed E-state index contributed by atoms with van der Waals surface area (Å²) in [7, 11) is 0. The first-order valence-electron chi connectivity index (χ1n) is 8.05. The Morgan fingerprint density at radius 1 is 1.20 bits per heavy atom. The van der Waals surface area contributed by atoms with E-state index in [1.54, 1.807) is 0 Å². The fraction of sp³-hybridized carbons (Fsp3) is 0.647. The number of nitrogen functional groups attached to an aromatic ring is 1. The van der Waals surface area contributed by atoms with Gasteiger partial charge in [-0.2, -0.15) is 0 Å². The van der Waals surface area contributed by atoms with Crippen molar-refractivity contribution in [1.29, 1.82) is 0 Å². The average Bonchev–Trinajstić information content (AvgIpc) is 2.49. The van der Waals surface area contributed by atoms with Crippen LogP contribution >= 0.6 is 0 Å². The molecule has 3 rings (SSSR count). The summed E-state index contributed by atoms with van der Waals surface area (Å²) in [6.07, 6.45) is 7.07. The van der Waals surface area contributed by atoms with Crippen molar-refractivity contribution in [1.82, 2.24) is 0 Å². The van der Waals surface area contributed by atoms with E-state index in [1.165, 1.54) is 50.9 Å². The highest BCUT2D eigenvalue weighted by molar-refractivity contribution is 5.62. The van der Waals surface area contributed by atoms with E-state index < -0.39 is 0 Å². The van der Waals surface area contributed by atoms with Crippen molar-refractivity contribution < 1.29 is 4.74 Å². The predicted molar refractivity (Wildman–Crippen MR) is 84.3 cm³/mol. The maximum Gasteiger partial charge on any atom is 0.144 e. The molecule has 3 nitrogen and oxygen atoms in total. The zero-order valence-electron chi connectivity index (χ0n) is 12.5. The molecule has 2 unspecified atom stereocenters. The van der Waals surface area contributed by atoms with Crippen molar-refractivity contribution in [3.63, 3.8) is 0 Å². The van der Waals surface area contributed by atoms with Gasteiger partial charge in [-0.1, -0.05) is 19.3 Å². The highest BCUT2D eigenvalue weighted by atomic mass is 16.5. The van der Waals surface area contributed by atoms with Gasteiger partial charge in [-0.15, -0.1) is 0 Å². The van der Waals surface area contributed by atoms with Gasteiger partial charge < -0.3 is 15.4 Å². The average molecular weight is 274 g/mol. The van der Waals surface area contributed by atoms with Crippen LogP contribution in [0.2, 0.25) is 0 Å². The molecule has 20 heavy (non-hydrogen) atoms. The number of hydrogen-bond donors (Lipinski definition) is 1. The Morgan fingerprint density at radius 2 is 2.00 bits per heavy atom. The van der Waals surface area contributed by atoms with Crippen LogP contribution in [-0.2, 0) is 0 Å². The Bertz CT molecular complexity index is 460. The summed E-state index contributed by atoms with van der Waals surface area (Å²) in [4.78, 5) is 2.52. The smallest absolute Gasteiger partial charge is 0.144 e. The first-order chi connectivity index (χ1) is 9.78. The minimum absolute atomic E-state index is 0.665. The lowest BCUT2D eigenvalue weighted by atomic mass is 9.75. The third-order valence-corrected chi connectivity index (χ3v) is 4.95. The third kappa shape index (κ3) is 2.72. The molecule has 0 aromatic heterocycles. The van der Waals surface area contributed by atoms with Crippen molar-refractivity contribution >= 4 is 11.4 Å². The zero-order chi connectivity index (χ0) is 13.9. The lowest BCUT2D eigenvalue weighted by Crippen LogP contribution is -2.41. The number of anilines is 2. The lowest BCUT2D eigenvalue weighted by molar-refractivity contribution is 0.202. The minimum atomic E-state index is 0.665. The summed E-state index contributed by atoms with van der Waals surface area (Å²) in [5, 5.41) is 0. The molecule has 1 saturated heterocycles. The largest absolute Gasteiger partial charge is 0.492 e. The summed E-state index contributed by atoms with van der Waals surface area (Å²) < 4.78 is 5.62. The monoisotopic (exact) mass is 274 g/mol. The van der Waals surface area contributed by atoms with Crippen LogP contribution in [0.25, 0.3) is 0 Å². The Hall–Kier alpha value is -1.38. The molecule has 2 N–H and O–H groups in total. The molecule has 110 valence electrons. The first kappa shape index (κ1) is 13.6. The first-order valence-corrected chi connectivity index (χ1v) is 8.05. The number of ether oxygens (including phenoxy) is 1. The van der Waals surface area contributed by atoms with Gasteiger partial charge in [0.25, 0.3) is 0 Å². The number of piperidine rings is 1. The predicted octanol–water partition coefficient (Wildman–Crippen LogP) is 3.68. The minimum Gasteiger partial charge on any atom is -0.492 e. The summed E-state index contributed by atoms with van der Waals surface area (Å²) in [5.74, 6) is 2.70. The summed E-state index contributed by atoms with van der Waals surface area (Å²) >= 11 is 0. The van der Waals surface area contributed by atoms with Gasteiger partial charge >= 0.3 is 0 Å². The maximum atomic E-state index is 5.97. The van der Waals surface area contributed by atoms with Crippen LogP contribution in [0, 0.1) is 11.8 Å². The number of fused-ring (bicyclic) bond motifs is 1. The molecule has 2 atom stereocenters. The molecule has 1 aromatic carbocycles. The molecule has 2 aliphatic rings. The Balaban J connectivity index is 1.74. The van der Waals surface area contributed by atoms with Crippen LogP contribution in [0.15, 0.2) is 18.2 Å². The Labute approximate surface area is 122 Å².